The number of rotatable bonds is 9. The van der Waals surface area contributed by atoms with Crippen molar-refractivity contribution >= 4 is 31.8 Å². The molecule has 1 fully saturated rings. The van der Waals surface area contributed by atoms with E-state index in [1.54, 1.807) is 19.4 Å². The van der Waals surface area contributed by atoms with Crippen molar-refractivity contribution in [3.8, 4) is 0 Å². The molecular formula is C17H33N3O5S3. The number of sulfone groups is 1. The maximum atomic E-state index is 12.0. The average Bonchev–Trinajstić information content (AvgIpc) is 2.91. The molecule has 2 rings (SSSR count). The highest BCUT2D eigenvalue weighted by Crippen LogP contribution is 2.25. The molecule has 1 unspecified atom stereocenters. The van der Waals surface area contributed by atoms with E-state index in [0.717, 1.165) is 50.8 Å². The van der Waals surface area contributed by atoms with E-state index in [2.05, 4.69) is 23.9 Å². The van der Waals surface area contributed by atoms with Crippen LogP contribution in [0.3, 0.4) is 0 Å². The number of ether oxygens (including phenoxy) is 1. The molecular weight excluding hydrogens is 422 g/mol. The number of unbranched alkanes of at least 4 members (excludes halogenated alkanes) is 1. The van der Waals surface area contributed by atoms with Crippen LogP contribution in [0, 0.1) is 5.92 Å². The fourth-order valence-corrected chi connectivity index (χ4v) is 6.28. The minimum Gasteiger partial charge on any atom is -0.385 e. The Labute approximate surface area is 173 Å². The molecule has 11 heteroatoms. The zero-order valence-electron chi connectivity index (χ0n) is 16.8. The number of hydrogen-bond donors (Lipinski definition) is 3. The van der Waals surface area contributed by atoms with Crippen LogP contribution >= 0.6 is 11.9 Å². The summed E-state index contributed by atoms with van der Waals surface area (Å²) in [6, 6.07) is 0.157. The summed E-state index contributed by atoms with van der Waals surface area (Å²) in [4.78, 5) is 0. The van der Waals surface area contributed by atoms with Crippen LogP contribution in [0.5, 0.6) is 0 Å². The Kier molecular flexibility index (Phi) is 11.1. The first kappa shape index (κ1) is 25.4. The average molecular weight is 456 g/mol. The number of nitrogens with one attached hydrogen (secondary N) is 2. The second-order valence-corrected chi connectivity index (χ2v) is 12.3. The molecule has 1 saturated heterocycles. The minimum atomic E-state index is -3.52. The lowest BCUT2D eigenvalue weighted by molar-refractivity contribution is 0.192. The smallest absolute Gasteiger partial charge is 0.245 e. The second-order valence-electron chi connectivity index (χ2n) is 7.28. The third-order valence-corrected chi connectivity index (χ3v) is 8.81. The first-order valence-corrected chi connectivity index (χ1v) is 13.4. The fourth-order valence-electron chi connectivity index (χ4n) is 2.85. The van der Waals surface area contributed by atoms with E-state index < -0.39 is 19.9 Å². The van der Waals surface area contributed by atoms with Gasteiger partial charge in [0.1, 0.15) is 4.24 Å². The molecule has 28 heavy (non-hydrogen) atoms. The van der Waals surface area contributed by atoms with Gasteiger partial charge in [-0.2, -0.15) is 0 Å². The quantitative estimate of drug-likeness (QED) is 0.352. The molecule has 2 aliphatic rings. The summed E-state index contributed by atoms with van der Waals surface area (Å²) in [5.41, 5.74) is 0. The van der Waals surface area contributed by atoms with E-state index >= 15 is 0 Å². The summed E-state index contributed by atoms with van der Waals surface area (Å²) >= 11 is 0.981. The standard InChI is InChI=1S/C13H27NO3S.C4H6N2O2S2/c1-11(2)9-14-12-8-13(18(15,16)10-12)6-4-5-7-17-3;5-10(7,8)4-2-1-3-6-9-4/h11-14H,4-10H2,1-3H3;1-3,6H,(H2,5,7,8)/t12?,13-;/m1./s1. The molecule has 2 atom stereocenters. The van der Waals surface area contributed by atoms with Crippen molar-refractivity contribution in [3.05, 3.63) is 22.6 Å². The number of nitrogens with two attached hydrogens (primary N) is 1. The molecule has 2 heterocycles. The van der Waals surface area contributed by atoms with Crippen LogP contribution in [0.2, 0.25) is 0 Å². The summed E-state index contributed by atoms with van der Waals surface area (Å²) in [5, 5.41) is 8.04. The summed E-state index contributed by atoms with van der Waals surface area (Å²) < 4.78 is 53.0. The van der Waals surface area contributed by atoms with Gasteiger partial charge in [0.25, 0.3) is 0 Å². The van der Waals surface area contributed by atoms with E-state index in [1.807, 2.05) is 0 Å². The van der Waals surface area contributed by atoms with Crippen LogP contribution in [0.1, 0.15) is 39.5 Å². The van der Waals surface area contributed by atoms with E-state index in [-0.39, 0.29) is 15.5 Å². The van der Waals surface area contributed by atoms with Crippen LogP contribution in [0.4, 0.5) is 0 Å². The topological polar surface area (TPSA) is 128 Å². The number of primary sulfonamides is 1. The molecule has 0 amide bonds. The van der Waals surface area contributed by atoms with E-state index in [9.17, 15) is 16.8 Å². The molecule has 0 aromatic rings. The Morgan fingerprint density at radius 1 is 1.39 bits per heavy atom. The molecule has 2 aliphatic heterocycles. The fraction of sp³-hybridized carbons (Fsp3) is 0.765. The molecule has 0 aromatic carbocycles. The molecule has 8 nitrogen and oxygen atoms in total. The predicted octanol–water partition coefficient (Wildman–Crippen LogP) is 1.49. The maximum absolute atomic E-state index is 12.0. The third kappa shape index (κ3) is 9.75. The van der Waals surface area contributed by atoms with Crippen molar-refractivity contribution < 1.29 is 21.6 Å². The maximum Gasteiger partial charge on any atom is 0.245 e. The normalized spacial score (nSPS) is 23.7. The molecule has 0 aliphatic carbocycles. The Bertz CT molecular complexity index is 733. The zero-order chi connectivity index (χ0) is 21.2. The molecule has 0 bridgehead atoms. The molecule has 0 saturated carbocycles. The van der Waals surface area contributed by atoms with Crippen molar-refractivity contribution in [1.82, 2.24) is 10.0 Å². The van der Waals surface area contributed by atoms with E-state index in [4.69, 9.17) is 9.88 Å². The highest BCUT2D eigenvalue weighted by atomic mass is 32.3. The van der Waals surface area contributed by atoms with E-state index in [0.29, 0.717) is 11.7 Å². The highest BCUT2D eigenvalue weighted by molar-refractivity contribution is 8.17. The molecule has 0 spiro atoms. The van der Waals surface area contributed by atoms with Gasteiger partial charge in [-0.25, -0.2) is 22.0 Å². The number of allylic oxidation sites excluding steroid dienone is 2. The number of methoxy groups -OCH3 is 1. The van der Waals surface area contributed by atoms with Crippen molar-refractivity contribution in [1.29, 1.82) is 0 Å². The summed E-state index contributed by atoms with van der Waals surface area (Å²) in [5.74, 6) is 0.878. The summed E-state index contributed by atoms with van der Waals surface area (Å²) in [6.45, 7) is 5.90. The lowest BCUT2D eigenvalue weighted by Gasteiger charge is -2.13. The largest absolute Gasteiger partial charge is 0.385 e. The summed E-state index contributed by atoms with van der Waals surface area (Å²) in [6.07, 6.45) is 8.10. The predicted molar refractivity (Wildman–Crippen MR) is 116 cm³/mol. The van der Waals surface area contributed by atoms with Gasteiger partial charge in [0.2, 0.25) is 10.0 Å². The van der Waals surface area contributed by atoms with Crippen LogP contribution in [0.25, 0.3) is 0 Å². The SMILES string of the molecule is COCCCC[C@@H]1CC(NCC(C)C)CS1(=O)=O.NS(=O)(=O)C1=CC=CNS1. The minimum absolute atomic E-state index is 0.134. The van der Waals surface area contributed by atoms with Gasteiger partial charge in [-0.1, -0.05) is 13.8 Å². The molecule has 0 radical (unpaired) electrons. The van der Waals surface area contributed by atoms with Gasteiger partial charge in [-0.05, 0) is 62.2 Å². The van der Waals surface area contributed by atoms with Crippen molar-refractivity contribution in [2.75, 3.05) is 26.0 Å². The lowest BCUT2D eigenvalue weighted by atomic mass is 10.1. The molecule has 0 aromatic heterocycles. The Morgan fingerprint density at radius 2 is 2.11 bits per heavy atom. The van der Waals surface area contributed by atoms with Crippen molar-refractivity contribution in [3.63, 3.8) is 0 Å². The van der Waals surface area contributed by atoms with Crippen LogP contribution in [-0.2, 0) is 24.6 Å². The zero-order valence-corrected chi connectivity index (χ0v) is 19.2. The first-order chi connectivity index (χ1) is 13.1. The lowest BCUT2D eigenvalue weighted by Crippen LogP contribution is -2.32. The van der Waals surface area contributed by atoms with Gasteiger partial charge in [-0.3, -0.25) is 0 Å². The van der Waals surface area contributed by atoms with Gasteiger partial charge in [0.05, 0.1) is 11.0 Å². The Hall–Kier alpha value is -0.590. The van der Waals surface area contributed by atoms with Crippen molar-refractivity contribution in [2.45, 2.75) is 50.8 Å². The van der Waals surface area contributed by atoms with Crippen LogP contribution < -0.4 is 15.2 Å². The van der Waals surface area contributed by atoms with Crippen LogP contribution in [0.15, 0.2) is 22.6 Å². The molecule has 4 N–H and O–H groups in total. The van der Waals surface area contributed by atoms with Gasteiger partial charge in [-0.15, -0.1) is 0 Å². The molecule has 164 valence electrons. The van der Waals surface area contributed by atoms with Gasteiger partial charge in [0.15, 0.2) is 9.84 Å². The van der Waals surface area contributed by atoms with Gasteiger partial charge in [0, 0.05) is 26.0 Å². The van der Waals surface area contributed by atoms with E-state index in [1.165, 1.54) is 6.08 Å². The number of sulfonamides is 1. The summed E-state index contributed by atoms with van der Waals surface area (Å²) in [7, 11) is -4.71. The number of hydrogen-bond acceptors (Lipinski definition) is 8. The first-order valence-electron chi connectivity index (χ1n) is 9.32. The van der Waals surface area contributed by atoms with Gasteiger partial charge < -0.3 is 14.8 Å². The Balaban J connectivity index is 0.000000330. The van der Waals surface area contributed by atoms with Crippen LogP contribution in [-0.4, -0.2) is 54.1 Å². The monoisotopic (exact) mass is 455 g/mol. The van der Waals surface area contributed by atoms with Crippen molar-refractivity contribution in [2.24, 2.45) is 11.1 Å². The second kappa shape index (κ2) is 12.2. The third-order valence-electron chi connectivity index (χ3n) is 4.26. The Morgan fingerprint density at radius 3 is 2.61 bits per heavy atom. The highest BCUT2D eigenvalue weighted by Gasteiger charge is 2.37. The van der Waals surface area contributed by atoms with Gasteiger partial charge >= 0.3 is 0 Å².